The number of carbonyl (C=O) groups is 2. The number of nitrogens with zero attached hydrogens (tertiary/aromatic N) is 4. The van der Waals surface area contributed by atoms with Crippen molar-refractivity contribution in [1.82, 2.24) is 25.2 Å². The molecule has 26 heavy (non-hydrogen) atoms. The highest BCUT2D eigenvalue weighted by molar-refractivity contribution is 7.13. The van der Waals surface area contributed by atoms with Gasteiger partial charge in [-0.2, -0.15) is 0 Å². The zero-order valence-corrected chi connectivity index (χ0v) is 15.2. The molecule has 1 atom stereocenters. The van der Waals surface area contributed by atoms with E-state index in [0.717, 1.165) is 19.3 Å². The van der Waals surface area contributed by atoms with Crippen LogP contribution in [-0.2, 0) is 4.79 Å². The molecule has 0 radical (unpaired) electrons. The molecule has 1 unspecified atom stereocenters. The van der Waals surface area contributed by atoms with Crippen LogP contribution in [0.2, 0.25) is 0 Å². The molecule has 0 aromatic carbocycles. The minimum Gasteiger partial charge on any atom is -0.354 e. The van der Waals surface area contributed by atoms with Gasteiger partial charge in [-0.25, -0.2) is 4.98 Å². The maximum absolute atomic E-state index is 12.9. The molecule has 2 amide bonds. The van der Waals surface area contributed by atoms with Crippen molar-refractivity contribution in [2.24, 2.45) is 5.73 Å². The molecular formula is C17H22N6O2S. The number of nitrogens with two attached hydrogens (primary N) is 1. The second-order valence-electron chi connectivity index (χ2n) is 6.12. The maximum atomic E-state index is 12.9. The molecule has 2 aromatic heterocycles. The van der Waals surface area contributed by atoms with E-state index >= 15 is 0 Å². The summed E-state index contributed by atoms with van der Waals surface area (Å²) < 4.78 is 0. The second kappa shape index (κ2) is 8.81. The zero-order valence-electron chi connectivity index (χ0n) is 14.4. The third-order valence-corrected chi connectivity index (χ3v) is 5.16. The number of hydrogen-bond donors (Lipinski definition) is 2. The van der Waals surface area contributed by atoms with Crippen LogP contribution in [-0.4, -0.2) is 57.3 Å². The second-order valence-corrected chi connectivity index (χ2v) is 6.98. The Morgan fingerprint density at radius 1 is 1.35 bits per heavy atom. The number of piperidine rings is 1. The lowest BCUT2D eigenvalue weighted by atomic mass is 10.0. The minimum atomic E-state index is -0.103. The molecule has 9 heteroatoms. The lowest BCUT2D eigenvalue weighted by Gasteiger charge is -2.35. The Morgan fingerprint density at radius 2 is 2.23 bits per heavy atom. The van der Waals surface area contributed by atoms with E-state index in [2.05, 4.69) is 20.3 Å². The quantitative estimate of drug-likeness (QED) is 0.781. The van der Waals surface area contributed by atoms with Crippen molar-refractivity contribution >= 4 is 23.2 Å². The molecular weight excluding hydrogens is 352 g/mol. The summed E-state index contributed by atoms with van der Waals surface area (Å²) in [7, 11) is 0. The third-order valence-electron chi connectivity index (χ3n) is 4.30. The van der Waals surface area contributed by atoms with Crippen molar-refractivity contribution in [3.05, 3.63) is 29.7 Å². The molecule has 0 saturated carbocycles. The van der Waals surface area contributed by atoms with Gasteiger partial charge in [-0.3, -0.25) is 19.6 Å². The first-order chi connectivity index (χ1) is 12.7. The van der Waals surface area contributed by atoms with Crippen LogP contribution >= 0.6 is 11.3 Å². The molecule has 0 bridgehead atoms. The first-order valence-corrected chi connectivity index (χ1v) is 9.56. The Labute approximate surface area is 155 Å². The summed E-state index contributed by atoms with van der Waals surface area (Å²) in [6, 6.07) is -0.0142. The first-order valence-electron chi connectivity index (χ1n) is 8.68. The van der Waals surface area contributed by atoms with Crippen LogP contribution in [0.3, 0.4) is 0 Å². The maximum Gasteiger partial charge on any atom is 0.273 e. The van der Waals surface area contributed by atoms with Gasteiger partial charge in [-0.1, -0.05) is 0 Å². The molecule has 0 aliphatic carbocycles. The van der Waals surface area contributed by atoms with Crippen LogP contribution < -0.4 is 11.1 Å². The van der Waals surface area contributed by atoms with Crippen molar-refractivity contribution in [2.45, 2.75) is 31.7 Å². The number of carbonyl (C=O) groups excluding carboxylic acids is 2. The lowest BCUT2D eigenvalue weighted by Crippen LogP contribution is -2.49. The fraction of sp³-hybridized carbons (Fsp3) is 0.471. The number of nitrogens with one attached hydrogen (secondary N) is 1. The van der Waals surface area contributed by atoms with Crippen molar-refractivity contribution in [1.29, 1.82) is 0 Å². The number of hydrogen-bond acceptors (Lipinski definition) is 7. The van der Waals surface area contributed by atoms with Gasteiger partial charge in [-0.05, 0) is 19.3 Å². The van der Waals surface area contributed by atoms with Gasteiger partial charge in [0.05, 0.1) is 6.20 Å². The lowest BCUT2D eigenvalue weighted by molar-refractivity contribution is -0.121. The van der Waals surface area contributed by atoms with E-state index in [1.807, 2.05) is 4.90 Å². The molecule has 3 rings (SSSR count). The molecule has 0 spiro atoms. The molecule has 8 nitrogen and oxygen atoms in total. The van der Waals surface area contributed by atoms with E-state index in [0.29, 0.717) is 42.5 Å². The molecule has 3 N–H and O–H groups in total. The summed E-state index contributed by atoms with van der Waals surface area (Å²) in [6.45, 7) is 1.45. The Balaban J connectivity index is 1.68. The summed E-state index contributed by atoms with van der Waals surface area (Å²) >= 11 is 1.38. The van der Waals surface area contributed by atoms with Gasteiger partial charge in [-0.15, -0.1) is 11.3 Å². The SMILES string of the molecule is NCCC(=O)NCC1CCCCN1C(=O)c1csc(-c2cnccn2)n1. The summed E-state index contributed by atoms with van der Waals surface area (Å²) in [6.07, 6.45) is 8.00. The third kappa shape index (κ3) is 4.41. The molecule has 1 fully saturated rings. The highest BCUT2D eigenvalue weighted by Crippen LogP contribution is 2.24. The number of likely N-dealkylation sites (tertiary alicyclic amines) is 1. The average molecular weight is 374 g/mol. The van der Waals surface area contributed by atoms with Gasteiger partial charge in [0.15, 0.2) is 0 Å². The predicted octanol–water partition coefficient (Wildman–Crippen LogP) is 1.06. The molecule has 1 saturated heterocycles. The van der Waals surface area contributed by atoms with E-state index in [-0.39, 0.29) is 17.9 Å². The van der Waals surface area contributed by atoms with Gasteiger partial charge < -0.3 is 16.0 Å². The summed E-state index contributed by atoms with van der Waals surface area (Å²) in [5.41, 5.74) is 6.46. The van der Waals surface area contributed by atoms with Crippen LogP contribution in [0, 0.1) is 0 Å². The van der Waals surface area contributed by atoms with E-state index < -0.39 is 0 Å². The number of aromatic nitrogens is 3. The summed E-state index contributed by atoms with van der Waals surface area (Å²) in [5, 5.41) is 5.30. The number of thiazole rings is 1. The van der Waals surface area contributed by atoms with E-state index in [1.165, 1.54) is 11.3 Å². The molecule has 138 valence electrons. The van der Waals surface area contributed by atoms with Crippen molar-refractivity contribution < 1.29 is 9.59 Å². The molecule has 1 aliphatic rings. The Kier molecular flexibility index (Phi) is 6.24. The van der Waals surface area contributed by atoms with E-state index in [4.69, 9.17) is 5.73 Å². The average Bonchev–Trinajstić information content (AvgIpc) is 3.17. The minimum absolute atomic E-state index is 0.0142. The largest absolute Gasteiger partial charge is 0.354 e. The number of rotatable bonds is 6. The van der Waals surface area contributed by atoms with E-state index in [9.17, 15) is 9.59 Å². The first kappa shape index (κ1) is 18.4. The van der Waals surface area contributed by atoms with Gasteiger partial charge in [0.1, 0.15) is 16.4 Å². The smallest absolute Gasteiger partial charge is 0.273 e. The van der Waals surface area contributed by atoms with Crippen LogP contribution in [0.15, 0.2) is 24.0 Å². The van der Waals surface area contributed by atoms with Crippen molar-refractivity contribution in [3.8, 4) is 10.7 Å². The summed E-state index contributed by atoms with van der Waals surface area (Å²) in [5.74, 6) is -0.182. The molecule has 1 aliphatic heterocycles. The Morgan fingerprint density at radius 3 is 3.00 bits per heavy atom. The Bertz CT molecular complexity index is 751. The highest BCUT2D eigenvalue weighted by atomic mass is 32.1. The van der Waals surface area contributed by atoms with Gasteiger partial charge in [0.2, 0.25) is 5.91 Å². The van der Waals surface area contributed by atoms with Gasteiger partial charge in [0.25, 0.3) is 5.91 Å². The Hall–Kier alpha value is -2.39. The van der Waals surface area contributed by atoms with E-state index in [1.54, 1.807) is 24.0 Å². The fourth-order valence-electron chi connectivity index (χ4n) is 2.98. The van der Waals surface area contributed by atoms with Crippen molar-refractivity contribution in [3.63, 3.8) is 0 Å². The van der Waals surface area contributed by atoms with Gasteiger partial charge in [0, 0.05) is 49.9 Å². The van der Waals surface area contributed by atoms with Gasteiger partial charge >= 0.3 is 0 Å². The normalized spacial score (nSPS) is 17.1. The van der Waals surface area contributed by atoms with Crippen molar-refractivity contribution in [2.75, 3.05) is 19.6 Å². The molecule has 2 aromatic rings. The standard InChI is InChI=1S/C17H22N6O2S/c18-5-4-15(24)21-9-12-3-1-2-8-23(12)17(25)14-11-26-16(22-14)13-10-19-6-7-20-13/h6-7,10-12H,1-5,8-9,18H2,(H,21,24). The number of amides is 2. The predicted molar refractivity (Wildman–Crippen MR) is 98.5 cm³/mol. The monoisotopic (exact) mass is 374 g/mol. The van der Waals surface area contributed by atoms with Crippen LogP contribution in [0.1, 0.15) is 36.2 Å². The zero-order chi connectivity index (χ0) is 18.4. The summed E-state index contributed by atoms with van der Waals surface area (Å²) in [4.78, 5) is 39.1. The topological polar surface area (TPSA) is 114 Å². The van der Waals surface area contributed by atoms with Crippen LogP contribution in [0.4, 0.5) is 0 Å². The molecule has 3 heterocycles. The van der Waals surface area contributed by atoms with Crippen LogP contribution in [0.5, 0.6) is 0 Å². The highest BCUT2D eigenvalue weighted by Gasteiger charge is 2.29. The fourth-order valence-corrected chi connectivity index (χ4v) is 3.73. The van der Waals surface area contributed by atoms with Crippen LogP contribution in [0.25, 0.3) is 10.7 Å².